The van der Waals surface area contributed by atoms with Gasteiger partial charge in [0.25, 0.3) is 0 Å². The van der Waals surface area contributed by atoms with Gasteiger partial charge in [0.2, 0.25) is 0 Å². The van der Waals surface area contributed by atoms with E-state index in [0.717, 1.165) is 33.8 Å². The fourth-order valence-electron chi connectivity index (χ4n) is 7.73. The van der Waals surface area contributed by atoms with Crippen LogP contribution in [0.5, 0.6) is 0 Å². The van der Waals surface area contributed by atoms with Crippen LogP contribution in [0.25, 0.3) is 55.6 Å². The topological polar surface area (TPSA) is 22.8 Å². The Morgan fingerprint density at radius 2 is 1.30 bits per heavy atom. The fourth-order valence-corrected chi connectivity index (χ4v) is 7.73. The predicted molar refractivity (Wildman–Crippen MR) is 178 cm³/mol. The maximum atomic E-state index is 5.09. The van der Waals surface area contributed by atoms with Crippen LogP contribution in [0.3, 0.4) is 0 Å². The average molecular weight is 554 g/mol. The van der Waals surface area contributed by atoms with Crippen LogP contribution in [0, 0.1) is 5.92 Å². The van der Waals surface area contributed by atoms with Crippen LogP contribution in [0.1, 0.15) is 30.9 Å². The Morgan fingerprint density at radius 1 is 0.605 bits per heavy atom. The molecule has 206 valence electrons. The highest BCUT2D eigenvalue weighted by Crippen LogP contribution is 2.54. The van der Waals surface area contributed by atoms with Crippen LogP contribution < -0.4 is 0 Å². The SMILES string of the molecule is CC1(C)c2cc3c4ccccc4n(-c4ccc(-c5nc6ccccc6n5-c5ccccc5)cc4)c3cc2C2C=CC=CC21. The molecule has 0 fully saturated rings. The molecule has 43 heavy (non-hydrogen) atoms. The molecule has 5 aromatic carbocycles. The maximum absolute atomic E-state index is 5.09. The van der Waals surface area contributed by atoms with Crippen molar-refractivity contribution >= 4 is 32.8 Å². The molecule has 2 aliphatic rings. The van der Waals surface area contributed by atoms with Gasteiger partial charge in [0.05, 0.1) is 22.1 Å². The molecular weight excluding hydrogens is 522 g/mol. The molecule has 0 spiro atoms. The van der Waals surface area contributed by atoms with Crippen molar-refractivity contribution in [2.75, 3.05) is 0 Å². The van der Waals surface area contributed by atoms with Crippen molar-refractivity contribution in [2.24, 2.45) is 5.92 Å². The highest BCUT2D eigenvalue weighted by molar-refractivity contribution is 6.10. The van der Waals surface area contributed by atoms with E-state index in [9.17, 15) is 0 Å². The molecule has 2 aliphatic carbocycles. The number of aromatic nitrogens is 3. The van der Waals surface area contributed by atoms with Crippen LogP contribution in [0.15, 0.2) is 140 Å². The van der Waals surface area contributed by atoms with Gasteiger partial charge in [-0.05, 0) is 89.2 Å². The molecule has 0 amide bonds. The van der Waals surface area contributed by atoms with Crippen LogP contribution in [-0.2, 0) is 5.41 Å². The van der Waals surface area contributed by atoms with Crippen molar-refractivity contribution in [3.63, 3.8) is 0 Å². The fraction of sp³-hybridized carbons (Fsp3) is 0.125. The minimum Gasteiger partial charge on any atom is -0.309 e. The van der Waals surface area contributed by atoms with Crippen molar-refractivity contribution in [1.29, 1.82) is 0 Å². The zero-order valence-corrected chi connectivity index (χ0v) is 24.3. The molecule has 2 atom stereocenters. The number of fused-ring (bicyclic) bond motifs is 7. The molecule has 0 saturated carbocycles. The summed E-state index contributed by atoms with van der Waals surface area (Å²) >= 11 is 0. The molecule has 0 aliphatic heterocycles. The van der Waals surface area contributed by atoms with E-state index >= 15 is 0 Å². The number of imidazole rings is 1. The lowest BCUT2D eigenvalue weighted by atomic mass is 9.74. The number of benzene rings is 5. The minimum atomic E-state index is 0.0878. The second-order valence-electron chi connectivity index (χ2n) is 12.5. The van der Waals surface area contributed by atoms with E-state index in [-0.39, 0.29) is 5.41 Å². The number of hydrogen-bond acceptors (Lipinski definition) is 1. The lowest BCUT2D eigenvalue weighted by Crippen LogP contribution is -2.24. The second kappa shape index (κ2) is 8.92. The Labute approximate surface area is 251 Å². The molecular formula is C40H31N3. The number of allylic oxidation sites excluding steroid dienone is 4. The largest absolute Gasteiger partial charge is 0.309 e. The molecule has 0 saturated heterocycles. The standard InChI is InChI=1S/C40H31N3/c1-40(2)33-16-8-6-14-29(33)31-25-38-32(24-34(31)40)30-15-7-10-18-36(30)42(38)28-22-20-26(21-23-28)39-41-35-17-9-11-19-37(35)43(39)27-12-4-3-5-13-27/h3-25,29,33H,1-2H3. The Bertz CT molecular complexity index is 2260. The molecule has 3 heteroatoms. The summed E-state index contributed by atoms with van der Waals surface area (Å²) in [5, 5.41) is 2.62. The first-order valence-corrected chi connectivity index (χ1v) is 15.2. The molecule has 2 aromatic heterocycles. The predicted octanol–water partition coefficient (Wildman–Crippen LogP) is 9.91. The number of rotatable bonds is 3. The van der Waals surface area contributed by atoms with Gasteiger partial charge in [0, 0.05) is 33.6 Å². The first-order valence-electron chi connectivity index (χ1n) is 15.2. The third-order valence-corrected chi connectivity index (χ3v) is 9.82. The van der Waals surface area contributed by atoms with Crippen LogP contribution in [0.2, 0.25) is 0 Å². The van der Waals surface area contributed by atoms with E-state index in [0.29, 0.717) is 11.8 Å². The minimum absolute atomic E-state index is 0.0878. The summed E-state index contributed by atoms with van der Waals surface area (Å²) in [5.41, 5.74) is 11.0. The number of hydrogen-bond donors (Lipinski definition) is 0. The van der Waals surface area contributed by atoms with E-state index in [1.807, 2.05) is 0 Å². The monoisotopic (exact) mass is 553 g/mol. The van der Waals surface area contributed by atoms with Gasteiger partial charge < -0.3 is 4.57 Å². The third-order valence-electron chi connectivity index (χ3n) is 9.82. The van der Waals surface area contributed by atoms with E-state index in [1.54, 1.807) is 0 Å². The highest BCUT2D eigenvalue weighted by atomic mass is 15.1. The van der Waals surface area contributed by atoms with Gasteiger partial charge in [-0.2, -0.15) is 0 Å². The second-order valence-corrected chi connectivity index (χ2v) is 12.5. The molecule has 0 bridgehead atoms. The maximum Gasteiger partial charge on any atom is 0.145 e. The van der Waals surface area contributed by atoms with Crippen molar-refractivity contribution < 1.29 is 0 Å². The lowest BCUT2D eigenvalue weighted by molar-refractivity contribution is 0.394. The highest BCUT2D eigenvalue weighted by Gasteiger charge is 2.44. The smallest absolute Gasteiger partial charge is 0.145 e. The number of para-hydroxylation sites is 4. The third kappa shape index (κ3) is 3.45. The van der Waals surface area contributed by atoms with Crippen LogP contribution in [-0.4, -0.2) is 14.1 Å². The lowest BCUT2D eigenvalue weighted by Gasteiger charge is -2.29. The average Bonchev–Trinajstić information content (AvgIpc) is 3.67. The molecule has 3 nitrogen and oxygen atoms in total. The first-order chi connectivity index (χ1) is 21.1. The number of nitrogens with zero attached hydrogens (tertiary/aromatic N) is 3. The van der Waals surface area contributed by atoms with Crippen LogP contribution >= 0.6 is 0 Å². The summed E-state index contributed by atoms with van der Waals surface area (Å²) in [6, 6.07) is 41.6. The van der Waals surface area contributed by atoms with Gasteiger partial charge in [-0.25, -0.2) is 4.98 Å². The van der Waals surface area contributed by atoms with Crippen molar-refractivity contribution in [3.8, 4) is 22.8 Å². The summed E-state index contributed by atoms with van der Waals surface area (Å²) in [4.78, 5) is 5.09. The van der Waals surface area contributed by atoms with E-state index in [1.165, 1.54) is 32.9 Å². The zero-order chi connectivity index (χ0) is 28.7. The normalized spacial score (nSPS) is 18.5. The van der Waals surface area contributed by atoms with Gasteiger partial charge in [-0.1, -0.05) is 86.7 Å². The molecule has 9 rings (SSSR count). The van der Waals surface area contributed by atoms with Gasteiger partial charge in [-0.15, -0.1) is 0 Å². The van der Waals surface area contributed by atoms with Crippen molar-refractivity contribution in [3.05, 3.63) is 151 Å². The quantitative estimate of drug-likeness (QED) is 0.213. The van der Waals surface area contributed by atoms with E-state index in [2.05, 4.69) is 163 Å². The summed E-state index contributed by atoms with van der Waals surface area (Å²) in [7, 11) is 0. The summed E-state index contributed by atoms with van der Waals surface area (Å²) in [6.45, 7) is 4.82. The first kappa shape index (κ1) is 24.4. The van der Waals surface area contributed by atoms with Crippen molar-refractivity contribution in [1.82, 2.24) is 14.1 Å². The summed E-state index contributed by atoms with van der Waals surface area (Å²) in [6.07, 6.45) is 9.24. The van der Waals surface area contributed by atoms with Gasteiger partial charge in [0.15, 0.2) is 0 Å². The Morgan fingerprint density at radius 3 is 2.14 bits per heavy atom. The molecule has 2 heterocycles. The van der Waals surface area contributed by atoms with E-state index < -0.39 is 0 Å². The molecule has 0 radical (unpaired) electrons. The Hall–Kier alpha value is -5.15. The van der Waals surface area contributed by atoms with Gasteiger partial charge in [0.1, 0.15) is 5.82 Å². The summed E-state index contributed by atoms with van der Waals surface area (Å²) < 4.78 is 4.70. The van der Waals surface area contributed by atoms with Crippen LogP contribution in [0.4, 0.5) is 0 Å². The Balaban J connectivity index is 1.23. The molecule has 0 N–H and O–H groups in total. The molecule has 7 aromatic rings. The summed E-state index contributed by atoms with van der Waals surface area (Å²) in [5.74, 6) is 1.85. The zero-order valence-electron chi connectivity index (χ0n) is 24.3. The molecule has 2 unspecified atom stereocenters. The van der Waals surface area contributed by atoms with E-state index in [4.69, 9.17) is 4.98 Å². The van der Waals surface area contributed by atoms with Gasteiger partial charge in [-0.3, -0.25) is 4.57 Å². The van der Waals surface area contributed by atoms with Crippen molar-refractivity contribution in [2.45, 2.75) is 25.2 Å². The Kier molecular flexibility index (Phi) is 5.07. The van der Waals surface area contributed by atoms with Gasteiger partial charge >= 0.3 is 0 Å².